The molecule has 0 bridgehead atoms. The van der Waals surface area contributed by atoms with Gasteiger partial charge in [-0.3, -0.25) is 0 Å². The molecule has 4 heteroatoms. The van der Waals surface area contributed by atoms with E-state index >= 15 is 0 Å². The zero-order valence-electron chi connectivity index (χ0n) is 8.13. The van der Waals surface area contributed by atoms with E-state index in [2.05, 4.69) is 33.2 Å². The largest absolute Gasteiger partial charge is 0.369 e. The zero-order chi connectivity index (χ0) is 10.4. The highest BCUT2D eigenvalue weighted by Gasteiger charge is 2.02. The van der Waals surface area contributed by atoms with Crippen molar-refractivity contribution in [3.63, 3.8) is 0 Å². The number of hydrogen-bond donors (Lipinski definition) is 1. The number of pyridine rings is 1. The maximum absolute atomic E-state index is 6.00. The Morgan fingerprint density at radius 3 is 3.07 bits per heavy atom. The molecule has 1 heterocycles. The number of hydrogen-bond acceptors (Lipinski definition) is 2. The van der Waals surface area contributed by atoms with Crippen molar-refractivity contribution in [1.82, 2.24) is 4.98 Å². The molecule has 2 nitrogen and oxygen atoms in total. The van der Waals surface area contributed by atoms with E-state index in [0.717, 1.165) is 29.7 Å². The van der Waals surface area contributed by atoms with Gasteiger partial charge in [0.1, 0.15) is 5.82 Å². The molecule has 0 fully saturated rings. The van der Waals surface area contributed by atoms with Gasteiger partial charge in [0.15, 0.2) is 0 Å². The van der Waals surface area contributed by atoms with Crippen LogP contribution in [0.2, 0.25) is 0 Å². The number of alkyl halides is 1. The second kappa shape index (κ2) is 6.25. The molecule has 0 amide bonds. The van der Waals surface area contributed by atoms with Crippen LogP contribution in [-0.2, 0) is 0 Å². The van der Waals surface area contributed by atoms with Crippen molar-refractivity contribution in [2.24, 2.45) is 0 Å². The fourth-order valence-electron chi connectivity index (χ4n) is 1.07. The predicted octanol–water partition coefficient (Wildman–Crippen LogP) is 3.66. The second-order valence-corrected chi connectivity index (χ2v) is 4.53. The standard InChI is InChI=1S/C10H14BrClN2/c1-2-8(12)5-7-14-10-9(11)4-3-6-13-10/h3-4,6,8H,2,5,7H2,1H3,(H,13,14). The van der Waals surface area contributed by atoms with Crippen molar-refractivity contribution in [2.45, 2.75) is 25.1 Å². The first kappa shape index (κ1) is 11.8. The van der Waals surface area contributed by atoms with Crippen molar-refractivity contribution < 1.29 is 0 Å². The molecule has 14 heavy (non-hydrogen) atoms. The second-order valence-electron chi connectivity index (χ2n) is 3.05. The molecule has 0 aliphatic heterocycles. The van der Waals surface area contributed by atoms with Crippen molar-refractivity contribution in [3.8, 4) is 0 Å². The van der Waals surface area contributed by atoms with E-state index in [0.29, 0.717) is 0 Å². The van der Waals surface area contributed by atoms with E-state index in [-0.39, 0.29) is 5.38 Å². The van der Waals surface area contributed by atoms with E-state index in [4.69, 9.17) is 11.6 Å². The minimum absolute atomic E-state index is 0.255. The summed E-state index contributed by atoms with van der Waals surface area (Å²) >= 11 is 9.42. The van der Waals surface area contributed by atoms with Crippen LogP contribution in [0.25, 0.3) is 0 Å². The SMILES string of the molecule is CCC(Cl)CCNc1ncccc1Br. The Labute approximate surface area is 98.2 Å². The van der Waals surface area contributed by atoms with Gasteiger partial charge >= 0.3 is 0 Å². The average molecular weight is 278 g/mol. The Bertz CT molecular complexity index is 281. The van der Waals surface area contributed by atoms with Gasteiger partial charge in [-0.2, -0.15) is 0 Å². The van der Waals surface area contributed by atoms with Crippen LogP contribution in [-0.4, -0.2) is 16.9 Å². The first-order chi connectivity index (χ1) is 6.74. The summed E-state index contributed by atoms with van der Waals surface area (Å²) in [5.74, 6) is 0.882. The fraction of sp³-hybridized carbons (Fsp3) is 0.500. The topological polar surface area (TPSA) is 24.9 Å². The highest BCUT2D eigenvalue weighted by molar-refractivity contribution is 9.10. The molecule has 0 aromatic carbocycles. The lowest BCUT2D eigenvalue weighted by Gasteiger charge is -2.09. The summed E-state index contributed by atoms with van der Waals surface area (Å²) in [6, 6.07) is 3.86. The van der Waals surface area contributed by atoms with Gasteiger partial charge in [0.2, 0.25) is 0 Å². The number of anilines is 1. The summed E-state index contributed by atoms with van der Waals surface area (Å²) in [5, 5.41) is 3.49. The lowest BCUT2D eigenvalue weighted by molar-refractivity contribution is 0.752. The smallest absolute Gasteiger partial charge is 0.140 e. The number of aromatic nitrogens is 1. The third-order valence-electron chi connectivity index (χ3n) is 1.95. The summed E-state index contributed by atoms with van der Waals surface area (Å²) in [4.78, 5) is 4.20. The summed E-state index contributed by atoms with van der Waals surface area (Å²) in [5.41, 5.74) is 0. The van der Waals surface area contributed by atoms with Crippen LogP contribution in [0.1, 0.15) is 19.8 Å². The number of nitrogens with zero attached hydrogens (tertiary/aromatic N) is 1. The van der Waals surface area contributed by atoms with Crippen LogP contribution >= 0.6 is 27.5 Å². The molecule has 0 aliphatic rings. The Hall–Kier alpha value is -0.280. The van der Waals surface area contributed by atoms with Gasteiger partial charge in [0.25, 0.3) is 0 Å². The lowest BCUT2D eigenvalue weighted by Crippen LogP contribution is -2.09. The molecule has 1 aromatic rings. The molecule has 0 aliphatic carbocycles. The first-order valence-electron chi connectivity index (χ1n) is 4.72. The molecule has 0 spiro atoms. The monoisotopic (exact) mass is 276 g/mol. The zero-order valence-corrected chi connectivity index (χ0v) is 10.5. The molecular formula is C10H14BrClN2. The fourth-order valence-corrected chi connectivity index (χ4v) is 1.57. The highest BCUT2D eigenvalue weighted by Crippen LogP contribution is 2.18. The maximum atomic E-state index is 6.00. The van der Waals surface area contributed by atoms with Crippen LogP contribution in [0, 0.1) is 0 Å². The molecule has 0 saturated carbocycles. The summed E-state index contributed by atoms with van der Waals surface area (Å²) < 4.78 is 0.989. The molecule has 0 saturated heterocycles. The van der Waals surface area contributed by atoms with Crippen LogP contribution < -0.4 is 5.32 Å². The molecule has 0 radical (unpaired) electrons. The van der Waals surface area contributed by atoms with Gasteiger partial charge in [0, 0.05) is 18.1 Å². The molecule has 1 aromatic heterocycles. The van der Waals surface area contributed by atoms with Gasteiger partial charge in [0.05, 0.1) is 4.47 Å². The normalized spacial score (nSPS) is 12.5. The van der Waals surface area contributed by atoms with Crippen LogP contribution in [0.3, 0.4) is 0 Å². The van der Waals surface area contributed by atoms with E-state index < -0.39 is 0 Å². The third kappa shape index (κ3) is 3.84. The number of halogens is 2. The van der Waals surface area contributed by atoms with Gasteiger partial charge < -0.3 is 5.32 Å². The molecule has 1 unspecified atom stereocenters. The summed E-state index contributed by atoms with van der Waals surface area (Å²) in [7, 11) is 0. The van der Waals surface area contributed by atoms with Crippen LogP contribution in [0.5, 0.6) is 0 Å². The van der Waals surface area contributed by atoms with Crippen molar-refractivity contribution in [2.75, 3.05) is 11.9 Å². The van der Waals surface area contributed by atoms with Gasteiger partial charge in [-0.25, -0.2) is 4.98 Å². The Morgan fingerprint density at radius 1 is 1.64 bits per heavy atom. The van der Waals surface area contributed by atoms with Crippen molar-refractivity contribution >= 4 is 33.3 Å². The third-order valence-corrected chi connectivity index (χ3v) is 3.12. The Balaban J connectivity index is 2.35. The summed E-state index contributed by atoms with van der Waals surface area (Å²) in [6.45, 7) is 2.95. The minimum atomic E-state index is 0.255. The minimum Gasteiger partial charge on any atom is -0.369 e. The highest BCUT2D eigenvalue weighted by atomic mass is 79.9. The molecule has 78 valence electrons. The first-order valence-corrected chi connectivity index (χ1v) is 5.95. The van der Waals surface area contributed by atoms with E-state index in [1.807, 2.05) is 12.1 Å². The molecule has 1 rings (SSSR count). The van der Waals surface area contributed by atoms with Crippen molar-refractivity contribution in [3.05, 3.63) is 22.8 Å². The van der Waals surface area contributed by atoms with Gasteiger partial charge in [-0.15, -0.1) is 11.6 Å². The lowest BCUT2D eigenvalue weighted by atomic mass is 10.2. The van der Waals surface area contributed by atoms with Crippen LogP contribution in [0.15, 0.2) is 22.8 Å². The Kier molecular flexibility index (Phi) is 5.26. The average Bonchev–Trinajstić information content (AvgIpc) is 2.20. The maximum Gasteiger partial charge on any atom is 0.140 e. The van der Waals surface area contributed by atoms with Crippen LogP contribution in [0.4, 0.5) is 5.82 Å². The quantitative estimate of drug-likeness (QED) is 0.831. The van der Waals surface area contributed by atoms with E-state index in [9.17, 15) is 0 Å². The van der Waals surface area contributed by atoms with Crippen molar-refractivity contribution in [1.29, 1.82) is 0 Å². The van der Waals surface area contributed by atoms with Gasteiger partial charge in [-0.05, 0) is 40.9 Å². The molecule has 1 atom stereocenters. The van der Waals surface area contributed by atoms with E-state index in [1.165, 1.54) is 0 Å². The number of rotatable bonds is 5. The summed E-state index contributed by atoms with van der Waals surface area (Å²) in [6.07, 6.45) is 3.73. The predicted molar refractivity (Wildman–Crippen MR) is 65.0 cm³/mol. The Morgan fingerprint density at radius 2 is 2.43 bits per heavy atom. The van der Waals surface area contributed by atoms with E-state index in [1.54, 1.807) is 6.20 Å². The molecule has 1 N–H and O–H groups in total. The molecular weight excluding hydrogens is 263 g/mol. The number of nitrogens with one attached hydrogen (secondary N) is 1. The van der Waals surface area contributed by atoms with Gasteiger partial charge in [-0.1, -0.05) is 6.92 Å².